The van der Waals surface area contributed by atoms with Crippen molar-refractivity contribution in [2.24, 2.45) is 0 Å². The molecule has 3 aromatic carbocycles. The van der Waals surface area contributed by atoms with Crippen molar-refractivity contribution in [2.45, 2.75) is 98.7 Å². The second-order valence-electron chi connectivity index (χ2n) is 17.7. The number of nitro groups is 3. The molecule has 0 aliphatic rings. The number of carbonyl (C=O) groups excluding carboxylic acids is 5. The molecule has 2 N–H and O–H groups in total. The molecule has 3 aromatic heterocycles. The molecule has 450 valence electrons. The van der Waals surface area contributed by atoms with E-state index in [9.17, 15) is 59.1 Å². The molecular weight excluding hydrogens is 1210 g/mol. The topological polar surface area (TPSA) is 425 Å². The van der Waals surface area contributed by atoms with Crippen LogP contribution in [-0.4, -0.2) is 113 Å². The quantitative estimate of drug-likeness (QED) is 0.0120. The van der Waals surface area contributed by atoms with Crippen molar-refractivity contribution < 1.29 is 206 Å². The molecule has 0 bridgehead atoms. The van der Waals surface area contributed by atoms with Crippen LogP contribution in [-0.2, 0) is 57.4 Å². The van der Waals surface area contributed by atoms with Crippen molar-refractivity contribution >= 4 is 104 Å². The second-order valence-corrected chi connectivity index (χ2v) is 17.9. The maximum atomic E-state index is 11.7. The smallest absolute Gasteiger partial charge is 1.00 e. The van der Waals surface area contributed by atoms with E-state index in [2.05, 4.69) is 19.8 Å². The number of esters is 4. The first-order valence-corrected chi connectivity index (χ1v) is 24.1. The van der Waals surface area contributed by atoms with Gasteiger partial charge in [-0.05, 0) is 96.1 Å². The van der Waals surface area contributed by atoms with Crippen molar-refractivity contribution in [3.63, 3.8) is 0 Å². The molecule has 0 aliphatic carbocycles. The van der Waals surface area contributed by atoms with Crippen molar-refractivity contribution in [1.29, 1.82) is 0 Å². The number of carboxylic acids is 2. The summed E-state index contributed by atoms with van der Waals surface area (Å²) in [6.07, 6.45) is 3.41. The van der Waals surface area contributed by atoms with Crippen LogP contribution in [0.3, 0.4) is 0 Å². The molecule has 0 atom stereocenters. The van der Waals surface area contributed by atoms with Crippen LogP contribution in [0.1, 0.15) is 88.9 Å². The molecule has 0 spiro atoms. The number of pyridine rings is 3. The van der Waals surface area contributed by atoms with Crippen LogP contribution < -0.4 is 122 Å². The Bertz CT molecular complexity index is 3220. The third-order valence-electron chi connectivity index (χ3n) is 9.30. The second kappa shape index (κ2) is 41.4. The van der Waals surface area contributed by atoms with E-state index < -0.39 is 75.4 Å². The van der Waals surface area contributed by atoms with Crippen LogP contribution >= 0.6 is 11.6 Å². The standard InChI is InChI=1S/C18H20N2O7.C14H12N2O7.C10H7ClN2O3.C8H14O4.CH2O3.CH4.2K.H/c1-18(2,3)27-16(22)9-8-15(21)26-11-25-14-7-6-13(20(23)24)12-5-4-10-19-17(12)14;17-12(18)5-6-13(19)23-8-22-11-4-3-10(16(20)21)9-2-1-7-15-14(9)11;11-6-16-9-4-3-8(13(14)15)7-2-1-5-12-10(7)9;1-8(2,3)12-7(11)5-4-6(9)10;2-1-4-3;;;;/h4-7,10H,8-9,11H2,1-3H3;1-4,7H,5-6,8H2,(H,17,18);1-5H,6H2;4-5H2,1-3H3,(H,9,10);1,3H;1H4;;;/q;;;;;;2*+1;-1/p-1. The average Bonchev–Trinajstić information content (AvgIpc) is 2.09. The third kappa shape index (κ3) is 31.3. The zero-order valence-electron chi connectivity index (χ0n) is 47.5. The van der Waals surface area contributed by atoms with Gasteiger partial charge in [-0.15, -0.1) is 0 Å². The molecule has 0 fully saturated rings. The number of halogens is 1. The van der Waals surface area contributed by atoms with Crippen LogP contribution in [0.4, 0.5) is 17.1 Å². The largest absolute Gasteiger partial charge is 1.00 e. The molecule has 0 unspecified atom stereocenters. The monoisotopic (exact) mass is 1260 g/mol. The first kappa shape index (κ1) is 80.4. The van der Waals surface area contributed by atoms with Crippen molar-refractivity contribution in [1.82, 2.24) is 15.0 Å². The number of carbonyl (C=O) groups is 7. The molecule has 33 heteroatoms. The Morgan fingerprint density at radius 2 is 0.812 bits per heavy atom. The van der Waals surface area contributed by atoms with E-state index in [1.807, 2.05) is 0 Å². The summed E-state index contributed by atoms with van der Waals surface area (Å²) in [7, 11) is 0. The van der Waals surface area contributed by atoms with E-state index >= 15 is 0 Å². The Balaban J connectivity index is -0.00000107. The van der Waals surface area contributed by atoms with Gasteiger partial charge in [0.2, 0.25) is 13.6 Å². The third-order valence-corrected chi connectivity index (χ3v) is 9.41. The summed E-state index contributed by atoms with van der Waals surface area (Å²) in [5.74, 6) is -3.48. The van der Waals surface area contributed by atoms with E-state index in [0.29, 0.717) is 27.4 Å². The predicted octanol–water partition coefficient (Wildman–Crippen LogP) is 2.13. The molecule has 6 aromatic rings. The Labute approximate surface area is 575 Å². The van der Waals surface area contributed by atoms with E-state index in [4.69, 9.17) is 65.0 Å². The van der Waals surface area contributed by atoms with E-state index in [1.54, 1.807) is 78.1 Å². The molecule has 85 heavy (non-hydrogen) atoms. The number of rotatable bonds is 21. The Hall–Kier alpha value is -6.70. The summed E-state index contributed by atoms with van der Waals surface area (Å²) in [5.41, 5.74) is -0.357. The van der Waals surface area contributed by atoms with Gasteiger partial charge in [0, 0.05) is 36.8 Å². The molecule has 0 amide bonds. The predicted molar refractivity (Wildman–Crippen MR) is 289 cm³/mol. The van der Waals surface area contributed by atoms with Gasteiger partial charge in [0.25, 0.3) is 23.5 Å². The summed E-state index contributed by atoms with van der Waals surface area (Å²) < 4.78 is 35.4. The van der Waals surface area contributed by atoms with Gasteiger partial charge in [-0.3, -0.25) is 78.9 Å². The minimum atomic E-state index is -1.10. The molecule has 0 saturated heterocycles. The summed E-state index contributed by atoms with van der Waals surface area (Å²) in [4.78, 5) is 121. The molecule has 0 radical (unpaired) electrons. The van der Waals surface area contributed by atoms with Crippen molar-refractivity contribution in [3.8, 4) is 17.2 Å². The van der Waals surface area contributed by atoms with Gasteiger partial charge in [-0.2, -0.15) is 0 Å². The number of carboxylic acid groups (broad SMARTS) is 2. The van der Waals surface area contributed by atoms with Gasteiger partial charge in [-0.25, -0.2) is 0 Å². The van der Waals surface area contributed by atoms with Gasteiger partial charge >= 0.3 is 139 Å². The van der Waals surface area contributed by atoms with Gasteiger partial charge in [0.1, 0.15) is 45.0 Å². The number of fused-ring (bicyclic) bond motifs is 3. The fourth-order valence-corrected chi connectivity index (χ4v) is 6.27. The molecule has 30 nitrogen and oxygen atoms in total. The Morgan fingerprint density at radius 1 is 0.529 bits per heavy atom. The molecule has 0 saturated carbocycles. The molecule has 6 rings (SSSR count). The molecule has 3 heterocycles. The number of nitrogens with zero attached hydrogens (tertiary/aromatic N) is 6. The summed E-state index contributed by atoms with van der Waals surface area (Å²) in [6, 6.07) is 17.7. The summed E-state index contributed by atoms with van der Waals surface area (Å²) >= 11 is 5.45. The fraction of sp³-hybridized carbons (Fsp3) is 0.346. The maximum absolute atomic E-state index is 11.7. The number of alkyl halides is 1. The van der Waals surface area contributed by atoms with Gasteiger partial charge in [-0.1, -0.05) is 19.0 Å². The minimum Gasteiger partial charge on any atom is -1.00 e. The van der Waals surface area contributed by atoms with Crippen molar-refractivity contribution in [3.05, 3.63) is 122 Å². The summed E-state index contributed by atoms with van der Waals surface area (Å²) in [6.45, 7) is 9.40. The number of benzene rings is 3. The zero-order chi connectivity index (χ0) is 61.6. The van der Waals surface area contributed by atoms with E-state index in [0.717, 1.165) is 0 Å². The van der Waals surface area contributed by atoms with E-state index in [-0.39, 0.29) is 202 Å². The number of ether oxygens (including phenoxy) is 7. The number of aliphatic carboxylic acids is 2. The first-order valence-electron chi connectivity index (χ1n) is 23.5. The summed E-state index contributed by atoms with van der Waals surface area (Å²) in [5, 5.41) is 59.0. The average molecular weight is 1270 g/mol. The van der Waals surface area contributed by atoms with Crippen LogP contribution in [0.25, 0.3) is 32.7 Å². The Kier molecular flexibility index (Phi) is 39.1. The molecule has 0 aliphatic heterocycles. The van der Waals surface area contributed by atoms with Crippen LogP contribution in [0, 0.1) is 30.3 Å². The van der Waals surface area contributed by atoms with Gasteiger partial charge in [0.05, 0.1) is 69.5 Å². The van der Waals surface area contributed by atoms with Gasteiger partial charge in [0.15, 0.2) is 6.07 Å². The maximum Gasteiger partial charge on any atom is 1.00 e. The van der Waals surface area contributed by atoms with Crippen LogP contribution in [0.5, 0.6) is 17.2 Å². The SMILES string of the molecule is C.CC(C)(C)OC(=O)CCC(=O)O.CC(C)(C)OC(=O)CCC(=O)OCOc1ccc([N+](=O)[O-])c2cccnc12.O=C(O)CCC(=O)OCOc1ccc([N+](=O)[O-])c2cccnc12.O=CO[O-].O=[N+]([O-])c1ccc(OCCl)c2ncccc12.[H-].[K+].[K+]. The van der Waals surface area contributed by atoms with Crippen LogP contribution in [0.15, 0.2) is 91.4 Å². The van der Waals surface area contributed by atoms with Crippen molar-refractivity contribution in [2.75, 3.05) is 19.7 Å². The zero-order valence-corrected chi connectivity index (χ0v) is 53.5. The minimum absolute atomic E-state index is 0. The number of aromatic nitrogens is 3. The Morgan fingerprint density at radius 3 is 1.08 bits per heavy atom. The van der Waals surface area contributed by atoms with Crippen LogP contribution in [0.2, 0.25) is 0 Å². The van der Waals surface area contributed by atoms with E-state index in [1.165, 1.54) is 54.9 Å². The van der Waals surface area contributed by atoms with Gasteiger partial charge < -0.3 is 54.9 Å². The number of hydrogen-bond donors (Lipinski definition) is 2. The first-order chi connectivity index (χ1) is 38.6. The fourth-order valence-electron chi connectivity index (χ4n) is 6.15. The number of non-ortho nitro benzene ring substituents is 3. The molecular formula is C52H59ClK2N6O24. The normalized spacial score (nSPS) is 10.0. The number of nitro benzene ring substituents is 3. The number of hydrogen-bond acceptors (Lipinski definition) is 25.